The number of hydrogen-bond donors (Lipinski definition) is 1. The Morgan fingerprint density at radius 2 is 1.89 bits per heavy atom. The van der Waals surface area contributed by atoms with Crippen molar-refractivity contribution in [1.82, 2.24) is 0 Å². The van der Waals surface area contributed by atoms with E-state index in [2.05, 4.69) is 19.2 Å². The van der Waals surface area contributed by atoms with Crippen molar-refractivity contribution in [2.75, 3.05) is 11.9 Å². The van der Waals surface area contributed by atoms with E-state index in [1.807, 2.05) is 26.0 Å². The van der Waals surface area contributed by atoms with Crippen molar-refractivity contribution in [1.29, 1.82) is 0 Å². The van der Waals surface area contributed by atoms with Crippen LogP contribution in [0.2, 0.25) is 0 Å². The summed E-state index contributed by atoms with van der Waals surface area (Å²) in [6, 6.07) is 7.44. The van der Waals surface area contributed by atoms with Crippen molar-refractivity contribution < 1.29 is 9.53 Å². The monoisotopic (exact) mass is 261 g/mol. The van der Waals surface area contributed by atoms with E-state index in [1.165, 1.54) is 6.08 Å². The van der Waals surface area contributed by atoms with Gasteiger partial charge in [-0.25, -0.2) is 4.79 Å². The molecule has 0 spiro atoms. The van der Waals surface area contributed by atoms with Crippen molar-refractivity contribution >= 4 is 11.7 Å². The Kier molecular flexibility index (Phi) is 6.13. The average molecular weight is 261 g/mol. The topological polar surface area (TPSA) is 38.3 Å². The first-order valence-corrected chi connectivity index (χ1v) is 6.68. The van der Waals surface area contributed by atoms with Crippen molar-refractivity contribution in [3.05, 3.63) is 35.9 Å². The lowest BCUT2D eigenvalue weighted by atomic mass is 10.1. The maximum Gasteiger partial charge on any atom is 0.336 e. The maximum absolute atomic E-state index is 11.4. The molecule has 0 aromatic heterocycles. The van der Waals surface area contributed by atoms with E-state index in [1.54, 1.807) is 12.1 Å². The molecule has 1 aromatic rings. The quantitative estimate of drug-likeness (QED) is 0.477. The molecule has 0 aliphatic carbocycles. The van der Waals surface area contributed by atoms with Crippen LogP contribution in [-0.2, 0) is 4.79 Å². The first-order chi connectivity index (χ1) is 8.97. The SMILES string of the molecule is CC(C)=CC(=O)Oc1ccc(NCCC(C)C)cc1. The van der Waals surface area contributed by atoms with E-state index >= 15 is 0 Å². The third-order valence-electron chi connectivity index (χ3n) is 2.53. The van der Waals surface area contributed by atoms with Crippen molar-refractivity contribution in [3.8, 4) is 5.75 Å². The Balaban J connectivity index is 2.47. The molecule has 0 unspecified atom stereocenters. The molecule has 0 fully saturated rings. The number of anilines is 1. The molecule has 0 aliphatic heterocycles. The number of esters is 1. The number of allylic oxidation sites excluding steroid dienone is 1. The molecule has 0 saturated carbocycles. The summed E-state index contributed by atoms with van der Waals surface area (Å²) in [5.74, 6) is 0.925. The van der Waals surface area contributed by atoms with Gasteiger partial charge in [0.15, 0.2) is 0 Å². The second kappa shape index (κ2) is 7.62. The van der Waals surface area contributed by atoms with Crippen LogP contribution < -0.4 is 10.1 Å². The van der Waals surface area contributed by atoms with Gasteiger partial charge in [-0.05, 0) is 50.5 Å². The Morgan fingerprint density at radius 1 is 1.26 bits per heavy atom. The summed E-state index contributed by atoms with van der Waals surface area (Å²) in [6.45, 7) is 9.08. The van der Waals surface area contributed by atoms with E-state index in [9.17, 15) is 4.79 Å². The van der Waals surface area contributed by atoms with E-state index in [4.69, 9.17) is 4.74 Å². The molecule has 104 valence electrons. The van der Waals surface area contributed by atoms with Crippen molar-refractivity contribution in [2.24, 2.45) is 5.92 Å². The summed E-state index contributed by atoms with van der Waals surface area (Å²) in [5, 5.41) is 3.34. The van der Waals surface area contributed by atoms with Crippen molar-refractivity contribution in [2.45, 2.75) is 34.1 Å². The molecule has 1 aromatic carbocycles. The lowest BCUT2D eigenvalue weighted by Crippen LogP contribution is -2.06. The summed E-state index contributed by atoms with van der Waals surface area (Å²) in [6.07, 6.45) is 2.62. The van der Waals surface area contributed by atoms with Crippen LogP contribution in [0.4, 0.5) is 5.69 Å². The molecular formula is C16H23NO2. The molecule has 0 bridgehead atoms. The molecule has 0 saturated heterocycles. The molecule has 0 atom stereocenters. The van der Waals surface area contributed by atoms with Crippen LogP contribution in [0.5, 0.6) is 5.75 Å². The third-order valence-corrected chi connectivity index (χ3v) is 2.53. The van der Waals surface area contributed by atoms with E-state index in [-0.39, 0.29) is 5.97 Å². The molecule has 19 heavy (non-hydrogen) atoms. The first-order valence-electron chi connectivity index (χ1n) is 6.68. The summed E-state index contributed by atoms with van der Waals surface area (Å²) >= 11 is 0. The molecule has 0 heterocycles. The number of ether oxygens (including phenoxy) is 1. The second-order valence-corrected chi connectivity index (χ2v) is 5.28. The van der Waals surface area contributed by atoms with Gasteiger partial charge in [0.2, 0.25) is 0 Å². The van der Waals surface area contributed by atoms with E-state index in [0.717, 1.165) is 24.2 Å². The molecular weight excluding hydrogens is 238 g/mol. The molecule has 0 aliphatic rings. The van der Waals surface area contributed by atoms with Gasteiger partial charge >= 0.3 is 5.97 Å². The molecule has 0 radical (unpaired) electrons. The predicted molar refractivity (Wildman–Crippen MR) is 79.5 cm³/mol. The van der Waals surface area contributed by atoms with Gasteiger partial charge in [-0.1, -0.05) is 19.4 Å². The fraction of sp³-hybridized carbons (Fsp3) is 0.438. The third kappa shape index (κ3) is 6.65. The normalized spacial score (nSPS) is 10.2. The minimum Gasteiger partial charge on any atom is -0.423 e. The summed E-state index contributed by atoms with van der Waals surface area (Å²) in [5.41, 5.74) is 1.97. The molecule has 3 nitrogen and oxygen atoms in total. The zero-order valence-electron chi connectivity index (χ0n) is 12.2. The highest BCUT2D eigenvalue weighted by Crippen LogP contribution is 2.16. The Morgan fingerprint density at radius 3 is 2.42 bits per heavy atom. The van der Waals surface area contributed by atoms with E-state index in [0.29, 0.717) is 11.7 Å². The van der Waals surface area contributed by atoms with Gasteiger partial charge in [0, 0.05) is 18.3 Å². The highest BCUT2D eigenvalue weighted by atomic mass is 16.5. The largest absolute Gasteiger partial charge is 0.423 e. The second-order valence-electron chi connectivity index (χ2n) is 5.28. The zero-order valence-corrected chi connectivity index (χ0v) is 12.2. The van der Waals surface area contributed by atoms with Crippen LogP contribution in [-0.4, -0.2) is 12.5 Å². The lowest BCUT2D eigenvalue weighted by Gasteiger charge is -2.09. The number of hydrogen-bond acceptors (Lipinski definition) is 3. The average Bonchev–Trinajstić information content (AvgIpc) is 2.29. The van der Waals surface area contributed by atoms with Crippen LogP contribution in [0.3, 0.4) is 0 Å². The minimum absolute atomic E-state index is 0.333. The maximum atomic E-state index is 11.4. The number of rotatable bonds is 6. The predicted octanol–water partition coefficient (Wildman–Crippen LogP) is 4.02. The van der Waals surface area contributed by atoms with Gasteiger partial charge in [-0.15, -0.1) is 0 Å². The Labute approximate surface area is 115 Å². The summed E-state index contributed by atoms with van der Waals surface area (Å²) in [7, 11) is 0. The summed E-state index contributed by atoms with van der Waals surface area (Å²) < 4.78 is 5.18. The zero-order chi connectivity index (χ0) is 14.3. The molecule has 0 amide bonds. The lowest BCUT2D eigenvalue weighted by molar-refractivity contribution is -0.129. The Bertz CT molecular complexity index is 429. The molecule has 1 N–H and O–H groups in total. The van der Waals surface area contributed by atoms with Crippen LogP contribution in [0, 0.1) is 5.92 Å². The van der Waals surface area contributed by atoms with Gasteiger partial charge in [-0.2, -0.15) is 0 Å². The fourth-order valence-electron chi connectivity index (χ4n) is 1.53. The van der Waals surface area contributed by atoms with Gasteiger partial charge < -0.3 is 10.1 Å². The number of carbonyl (C=O) groups excluding carboxylic acids is 1. The first kappa shape index (κ1) is 15.3. The van der Waals surface area contributed by atoms with Gasteiger partial charge in [0.05, 0.1) is 0 Å². The molecule has 3 heteroatoms. The minimum atomic E-state index is -0.333. The van der Waals surface area contributed by atoms with Gasteiger partial charge in [-0.3, -0.25) is 0 Å². The fourth-order valence-corrected chi connectivity index (χ4v) is 1.53. The Hall–Kier alpha value is -1.77. The van der Waals surface area contributed by atoms with Crippen LogP contribution in [0.1, 0.15) is 34.1 Å². The smallest absolute Gasteiger partial charge is 0.336 e. The highest BCUT2D eigenvalue weighted by Gasteiger charge is 2.01. The number of benzene rings is 1. The van der Waals surface area contributed by atoms with Crippen molar-refractivity contribution in [3.63, 3.8) is 0 Å². The standard InChI is InChI=1S/C16H23NO2/c1-12(2)9-10-17-14-5-7-15(8-6-14)19-16(18)11-13(3)4/h5-8,11-12,17H,9-10H2,1-4H3. The number of nitrogens with one attached hydrogen (secondary N) is 1. The van der Waals surface area contributed by atoms with E-state index < -0.39 is 0 Å². The van der Waals surface area contributed by atoms with Gasteiger partial charge in [0.25, 0.3) is 0 Å². The number of carbonyl (C=O) groups is 1. The summed E-state index contributed by atoms with van der Waals surface area (Å²) in [4.78, 5) is 11.4. The molecule has 1 rings (SSSR count). The van der Waals surface area contributed by atoms with Gasteiger partial charge in [0.1, 0.15) is 5.75 Å². The van der Waals surface area contributed by atoms with Crippen LogP contribution in [0.15, 0.2) is 35.9 Å². The van der Waals surface area contributed by atoms with Crippen LogP contribution >= 0.6 is 0 Å². The van der Waals surface area contributed by atoms with Crippen LogP contribution in [0.25, 0.3) is 0 Å². The highest BCUT2D eigenvalue weighted by molar-refractivity contribution is 5.84.